The fourth-order valence-corrected chi connectivity index (χ4v) is 3.77. The fourth-order valence-electron chi connectivity index (χ4n) is 3.77. The Morgan fingerprint density at radius 2 is 2.04 bits per heavy atom. The van der Waals surface area contributed by atoms with E-state index in [9.17, 15) is 14.7 Å². The van der Waals surface area contributed by atoms with Crippen LogP contribution < -0.4 is 0 Å². The van der Waals surface area contributed by atoms with Crippen LogP contribution in [0.3, 0.4) is 0 Å². The van der Waals surface area contributed by atoms with E-state index in [2.05, 4.69) is 0 Å². The maximum absolute atomic E-state index is 12.7. The van der Waals surface area contributed by atoms with Gasteiger partial charge < -0.3 is 14.7 Å². The monoisotopic (exact) mass is 317 g/mol. The van der Waals surface area contributed by atoms with Gasteiger partial charge in [-0.3, -0.25) is 4.79 Å². The number of benzene rings is 1. The van der Waals surface area contributed by atoms with Crippen LogP contribution in [0.15, 0.2) is 30.3 Å². The zero-order chi connectivity index (χ0) is 16.3. The molecule has 124 valence electrons. The second kappa shape index (κ2) is 6.71. The molecule has 2 atom stereocenters. The van der Waals surface area contributed by atoms with Gasteiger partial charge in [-0.2, -0.15) is 0 Å². The van der Waals surface area contributed by atoms with E-state index in [0.717, 1.165) is 24.8 Å². The summed E-state index contributed by atoms with van der Waals surface area (Å²) in [4.78, 5) is 26.3. The van der Waals surface area contributed by atoms with Crippen LogP contribution in [0.25, 0.3) is 0 Å². The Labute approximate surface area is 136 Å². The molecule has 5 heteroatoms. The van der Waals surface area contributed by atoms with Crippen molar-refractivity contribution in [2.45, 2.75) is 50.2 Å². The number of carbonyl (C=O) groups is 2. The van der Waals surface area contributed by atoms with Crippen molar-refractivity contribution in [2.24, 2.45) is 0 Å². The lowest BCUT2D eigenvalue weighted by Crippen LogP contribution is -2.55. The van der Waals surface area contributed by atoms with Crippen LogP contribution in [-0.2, 0) is 20.7 Å². The van der Waals surface area contributed by atoms with E-state index in [1.165, 1.54) is 0 Å². The number of aliphatic carboxylic acids is 1. The van der Waals surface area contributed by atoms with Crippen molar-refractivity contribution in [1.82, 2.24) is 4.90 Å². The second-order valence-corrected chi connectivity index (χ2v) is 6.49. The second-order valence-electron chi connectivity index (χ2n) is 6.49. The highest BCUT2D eigenvalue weighted by atomic mass is 16.5. The number of ether oxygens (including phenoxy) is 1. The molecule has 2 heterocycles. The van der Waals surface area contributed by atoms with Crippen molar-refractivity contribution < 1.29 is 19.4 Å². The molecule has 0 saturated carbocycles. The first-order valence-corrected chi connectivity index (χ1v) is 8.31. The first kappa shape index (κ1) is 16.0. The average molecular weight is 317 g/mol. The Morgan fingerprint density at radius 3 is 2.70 bits per heavy atom. The first-order chi connectivity index (χ1) is 11.1. The lowest BCUT2D eigenvalue weighted by molar-refractivity contribution is -0.157. The minimum Gasteiger partial charge on any atom is -0.479 e. The summed E-state index contributed by atoms with van der Waals surface area (Å²) in [5.41, 5.74) is -0.163. The minimum atomic E-state index is -1.11. The van der Waals surface area contributed by atoms with E-state index >= 15 is 0 Å². The summed E-state index contributed by atoms with van der Waals surface area (Å²) in [7, 11) is 0. The minimum absolute atomic E-state index is 0.0497. The number of nitrogens with zero attached hydrogens (tertiary/aromatic N) is 1. The van der Waals surface area contributed by atoms with Crippen molar-refractivity contribution in [3.63, 3.8) is 0 Å². The predicted molar refractivity (Wildman–Crippen MR) is 85.1 cm³/mol. The highest BCUT2D eigenvalue weighted by Crippen LogP contribution is 2.34. The van der Waals surface area contributed by atoms with Crippen LogP contribution in [0.5, 0.6) is 0 Å². The molecule has 0 unspecified atom stereocenters. The molecule has 1 N–H and O–H groups in total. The fraction of sp³-hybridized carbons (Fsp3) is 0.556. The van der Waals surface area contributed by atoms with Crippen molar-refractivity contribution in [3.8, 4) is 0 Å². The van der Waals surface area contributed by atoms with Gasteiger partial charge in [-0.1, -0.05) is 30.3 Å². The molecule has 1 aromatic rings. The zero-order valence-electron chi connectivity index (χ0n) is 13.2. The number of hydrogen-bond acceptors (Lipinski definition) is 3. The van der Waals surface area contributed by atoms with Crippen LogP contribution in [0.4, 0.5) is 0 Å². The molecule has 2 fully saturated rings. The van der Waals surface area contributed by atoms with Gasteiger partial charge in [0.2, 0.25) is 5.91 Å². The molecule has 1 amide bonds. The number of rotatable bonds is 5. The van der Waals surface area contributed by atoms with Crippen LogP contribution in [0.2, 0.25) is 0 Å². The highest BCUT2D eigenvalue weighted by molar-refractivity contribution is 5.88. The van der Waals surface area contributed by atoms with Gasteiger partial charge in [0.05, 0.1) is 12.5 Å². The van der Waals surface area contributed by atoms with Crippen molar-refractivity contribution in [1.29, 1.82) is 0 Å². The van der Waals surface area contributed by atoms with Gasteiger partial charge in [-0.25, -0.2) is 4.79 Å². The highest BCUT2D eigenvalue weighted by Gasteiger charge is 2.50. The Hall–Kier alpha value is -1.88. The standard InChI is InChI=1S/C18H23NO4/c20-16(12-15-8-4-11-23-15)19-10-5-9-18(19,17(21)22)13-14-6-2-1-3-7-14/h1-3,6-7,15H,4-5,8-13H2,(H,21,22)/t15-,18+/m0/s1. The van der Waals surface area contributed by atoms with E-state index in [0.29, 0.717) is 32.4 Å². The van der Waals surface area contributed by atoms with Gasteiger partial charge >= 0.3 is 5.97 Å². The normalized spacial score (nSPS) is 27.3. The van der Waals surface area contributed by atoms with E-state index in [1.54, 1.807) is 4.90 Å². The van der Waals surface area contributed by atoms with Crippen molar-refractivity contribution >= 4 is 11.9 Å². The van der Waals surface area contributed by atoms with Crippen LogP contribution >= 0.6 is 0 Å². The number of carbonyl (C=O) groups excluding carboxylic acids is 1. The van der Waals surface area contributed by atoms with Gasteiger partial charge in [0, 0.05) is 19.6 Å². The summed E-state index contributed by atoms with van der Waals surface area (Å²) in [5.74, 6) is -0.993. The zero-order valence-corrected chi connectivity index (χ0v) is 13.2. The molecular weight excluding hydrogens is 294 g/mol. The summed E-state index contributed by atoms with van der Waals surface area (Å²) in [6.45, 7) is 1.22. The molecule has 2 saturated heterocycles. The summed E-state index contributed by atoms with van der Waals surface area (Å²) in [5, 5.41) is 9.88. The van der Waals surface area contributed by atoms with Gasteiger partial charge in [0.25, 0.3) is 0 Å². The molecule has 1 aromatic carbocycles. The summed E-state index contributed by atoms with van der Waals surface area (Å²) in [6.07, 6.45) is 3.71. The number of hydrogen-bond donors (Lipinski definition) is 1. The molecule has 0 bridgehead atoms. The third-order valence-corrected chi connectivity index (χ3v) is 4.95. The molecule has 0 aromatic heterocycles. The van der Waals surface area contributed by atoms with E-state index in [1.807, 2.05) is 30.3 Å². The molecule has 5 nitrogen and oxygen atoms in total. The van der Waals surface area contributed by atoms with Crippen molar-refractivity contribution in [3.05, 3.63) is 35.9 Å². The molecule has 2 aliphatic rings. The number of carboxylic acids is 1. The smallest absolute Gasteiger partial charge is 0.329 e. The third-order valence-electron chi connectivity index (χ3n) is 4.95. The first-order valence-electron chi connectivity index (χ1n) is 8.31. The largest absolute Gasteiger partial charge is 0.479 e. The molecule has 0 spiro atoms. The Bertz CT molecular complexity index is 568. The maximum Gasteiger partial charge on any atom is 0.329 e. The van der Waals surface area contributed by atoms with Gasteiger partial charge in [0.1, 0.15) is 5.54 Å². The lowest BCUT2D eigenvalue weighted by Gasteiger charge is -2.35. The average Bonchev–Trinajstić information content (AvgIpc) is 3.18. The number of amides is 1. The Morgan fingerprint density at radius 1 is 1.26 bits per heavy atom. The Balaban J connectivity index is 1.79. The predicted octanol–water partition coefficient (Wildman–Crippen LogP) is 2.24. The van der Waals surface area contributed by atoms with E-state index in [-0.39, 0.29) is 12.0 Å². The van der Waals surface area contributed by atoms with E-state index in [4.69, 9.17) is 4.74 Å². The topological polar surface area (TPSA) is 66.8 Å². The Kier molecular flexibility index (Phi) is 4.66. The molecule has 3 rings (SSSR count). The number of carboxylic acid groups (broad SMARTS) is 1. The lowest BCUT2D eigenvalue weighted by atomic mass is 9.87. The molecule has 2 aliphatic heterocycles. The number of likely N-dealkylation sites (tertiary alicyclic amines) is 1. The summed E-state index contributed by atoms with van der Waals surface area (Å²) in [6, 6.07) is 9.56. The van der Waals surface area contributed by atoms with Crippen LogP contribution in [-0.4, -0.2) is 46.7 Å². The molecule has 0 radical (unpaired) electrons. The summed E-state index contributed by atoms with van der Waals surface area (Å²) >= 11 is 0. The maximum atomic E-state index is 12.7. The van der Waals surface area contributed by atoms with Gasteiger partial charge in [-0.15, -0.1) is 0 Å². The molecular formula is C18H23NO4. The van der Waals surface area contributed by atoms with Crippen molar-refractivity contribution in [2.75, 3.05) is 13.2 Å². The van der Waals surface area contributed by atoms with E-state index < -0.39 is 11.5 Å². The van der Waals surface area contributed by atoms with Crippen LogP contribution in [0, 0.1) is 0 Å². The van der Waals surface area contributed by atoms with Gasteiger partial charge in [0.15, 0.2) is 0 Å². The quantitative estimate of drug-likeness (QED) is 0.904. The SMILES string of the molecule is O=C(C[C@@H]1CCCO1)N1CCC[C@@]1(Cc1ccccc1)C(=O)O. The summed E-state index contributed by atoms with van der Waals surface area (Å²) < 4.78 is 5.54. The third kappa shape index (κ3) is 3.24. The van der Waals surface area contributed by atoms with Crippen LogP contribution in [0.1, 0.15) is 37.7 Å². The van der Waals surface area contributed by atoms with Gasteiger partial charge in [-0.05, 0) is 31.2 Å². The molecule has 0 aliphatic carbocycles. The molecule has 23 heavy (non-hydrogen) atoms.